The Morgan fingerprint density at radius 1 is 1.11 bits per heavy atom. The van der Waals surface area contributed by atoms with E-state index in [1.54, 1.807) is 17.3 Å². The monoisotopic (exact) mass is 527 g/mol. The van der Waals surface area contributed by atoms with Crippen molar-refractivity contribution < 1.29 is 9.53 Å². The molecule has 4 aliphatic carbocycles. The maximum absolute atomic E-state index is 12.4. The number of allylic oxidation sites excluding steroid dienone is 1. The van der Waals surface area contributed by atoms with Crippen LogP contribution in [-0.4, -0.2) is 23.6 Å². The molecule has 0 N–H and O–H groups in total. The van der Waals surface area contributed by atoms with E-state index in [9.17, 15) is 4.79 Å². The number of fused-ring (bicyclic) bond motifs is 5. The Kier molecular flexibility index (Phi) is 9.80. The molecule has 0 bridgehead atoms. The van der Waals surface area contributed by atoms with Gasteiger partial charge in [-0.3, -0.25) is 4.79 Å². The fourth-order valence-corrected chi connectivity index (χ4v) is 10.1. The number of hydrogen-bond donors (Lipinski definition) is 0. The summed E-state index contributed by atoms with van der Waals surface area (Å²) in [5, 5.41) is 8.65. The minimum atomic E-state index is -0.0553. The van der Waals surface area contributed by atoms with Gasteiger partial charge in [0.05, 0.1) is 12.5 Å². The Morgan fingerprint density at radius 3 is 2.68 bits per heavy atom. The molecule has 208 valence electrons. The molecular formula is C33H53NO2S. The summed E-state index contributed by atoms with van der Waals surface area (Å²) in [5.41, 5.74) is 2.45. The Morgan fingerprint density at radius 2 is 1.92 bits per heavy atom. The lowest BCUT2D eigenvalue weighted by Crippen LogP contribution is -2.51. The van der Waals surface area contributed by atoms with Crippen LogP contribution in [-0.2, 0) is 9.53 Å². The molecule has 4 aliphatic rings. The van der Waals surface area contributed by atoms with E-state index in [0.717, 1.165) is 59.9 Å². The molecule has 0 aromatic carbocycles. The zero-order chi connectivity index (χ0) is 26.6. The molecule has 4 rings (SSSR count). The largest absolute Gasteiger partial charge is 0.462 e. The molecule has 0 unspecified atom stereocenters. The van der Waals surface area contributed by atoms with Crippen molar-refractivity contribution in [1.82, 2.24) is 0 Å². The second kappa shape index (κ2) is 12.5. The first-order chi connectivity index (χ1) is 17.7. The number of nitriles is 1. The van der Waals surface area contributed by atoms with Crippen LogP contribution in [0.3, 0.4) is 0 Å². The molecule has 0 aromatic rings. The van der Waals surface area contributed by atoms with E-state index in [-0.39, 0.29) is 12.1 Å². The smallest absolute Gasteiger partial charge is 0.306 e. The summed E-state index contributed by atoms with van der Waals surface area (Å²) in [4.78, 5) is 12.4. The summed E-state index contributed by atoms with van der Waals surface area (Å²) in [6.07, 6.45) is 18.0. The Balaban J connectivity index is 1.34. The number of ether oxygens (including phenoxy) is 1. The molecule has 3 nitrogen and oxygen atoms in total. The number of hydrogen-bond acceptors (Lipinski definition) is 4. The number of rotatable bonds is 11. The summed E-state index contributed by atoms with van der Waals surface area (Å²) < 4.78 is 5.94. The van der Waals surface area contributed by atoms with Crippen LogP contribution in [0.4, 0.5) is 0 Å². The molecule has 37 heavy (non-hydrogen) atoms. The zero-order valence-electron chi connectivity index (χ0n) is 24.4. The van der Waals surface area contributed by atoms with Gasteiger partial charge < -0.3 is 4.74 Å². The summed E-state index contributed by atoms with van der Waals surface area (Å²) in [6, 6.07) is 2.16. The third-order valence-corrected chi connectivity index (χ3v) is 12.4. The Labute approximate surface area is 231 Å². The van der Waals surface area contributed by atoms with Gasteiger partial charge in [0.1, 0.15) is 6.10 Å². The van der Waals surface area contributed by atoms with E-state index in [4.69, 9.17) is 10.00 Å². The van der Waals surface area contributed by atoms with E-state index in [1.807, 2.05) is 0 Å². The number of thioether (sulfide) groups is 1. The van der Waals surface area contributed by atoms with E-state index >= 15 is 0 Å². The van der Waals surface area contributed by atoms with E-state index < -0.39 is 0 Å². The van der Waals surface area contributed by atoms with Crippen molar-refractivity contribution >= 4 is 17.7 Å². The molecule has 3 fully saturated rings. The van der Waals surface area contributed by atoms with Crippen LogP contribution in [0.1, 0.15) is 118 Å². The Hall–Kier alpha value is -0.950. The van der Waals surface area contributed by atoms with Crippen molar-refractivity contribution in [2.24, 2.45) is 46.3 Å². The first-order valence-electron chi connectivity index (χ1n) is 15.5. The standard InChI is InChI=1S/C33H53NO2S/c1-23(2)8-6-9-24(3)28-12-13-29-27-11-10-25-22-26(36-31(35)16-21-37-20-7-19-34)14-17-32(25,4)30(27)15-18-33(28,29)5/h10,23-24,26-30H,6-9,11-18,20-22H2,1-5H3/t24-,26+,27+,28-,29+,30+,32+,33-/m1/s1. The molecule has 0 spiro atoms. The van der Waals surface area contributed by atoms with Crippen LogP contribution in [0.5, 0.6) is 0 Å². The highest BCUT2D eigenvalue weighted by Crippen LogP contribution is 2.67. The molecule has 0 amide bonds. The van der Waals surface area contributed by atoms with Crippen LogP contribution in [0.25, 0.3) is 0 Å². The lowest BCUT2D eigenvalue weighted by molar-refractivity contribution is -0.151. The van der Waals surface area contributed by atoms with Crippen LogP contribution >= 0.6 is 11.8 Å². The van der Waals surface area contributed by atoms with E-state index in [1.165, 1.54) is 57.8 Å². The first kappa shape index (κ1) is 29.0. The molecular weight excluding hydrogens is 474 g/mol. The van der Waals surface area contributed by atoms with Crippen LogP contribution in [0.2, 0.25) is 0 Å². The van der Waals surface area contributed by atoms with Gasteiger partial charge in [-0.25, -0.2) is 0 Å². The maximum atomic E-state index is 12.4. The first-order valence-corrected chi connectivity index (χ1v) is 16.7. The average molecular weight is 528 g/mol. The van der Waals surface area contributed by atoms with Gasteiger partial charge in [-0.05, 0) is 91.3 Å². The zero-order valence-corrected chi connectivity index (χ0v) is 25.2. The third-order valence-electron chi connectivity index (χ3n) is 11.4. The third kappa shape index (κ3) is 6.28. The minimum absolute atomic E-state index is 0.0553. The van der Waals surface area contributed by atoms with Gasteiger partial charge in [0.2, 0.25) is 0 Å². The molecule has 4 heteroatoms. The highest BCUT2D eigenvalue weighted by molar-refractivity contribution is 7.99. The SMILES string of the molecule is CC(C)CCC[C@@H](C)[C@H]1CC[C@H]2[C@@H]3CC=C4C[C@@H](OC(=O)CCSCCC#N)CC[C@]4(C)[C@H]3CC[C@]12C. The molecule has 8 atom stereocenters. The molecule has 3 saturated carbocycles. The van der Waals surface area contributed by atoms with Crippen molar-refractivity contribution in [2.75, 3.05) is 11.5 Å². The van der Waals surface area contributed by atoms with Gasteiger partial charge >= 0.3 is 5.97 Å². The highest BCUT2D eigenvalue weighted by atomic mass is 32.2. The summed E-state index contributed by atoms with van der Waals surface area (Å²) in [7, 11) is 0. The minimum Gasteiger partial charge on any atom is -0.462 e. The summed E-state index contributed by atoms with van der Waals surface area (Å²) in [5.74, 6) is 6.68. The van der Waals surface area contributed by atoms with Gasteiger partial charge in [0.25, 0.3) is 0 Å². The number of esters is 1. The second-order valence-electron chi connectivity index (χ2n) is 13.9. The predicted octanol–water partition coefficient (Wildman–Crippen LogP) is 8.98. The maximum Gasteiger partial charge on any atom is 0.306 e. The van der Waals surface area contributed by atoms with Crippen LogP contribution in [0, 0.1) is 57.7 Å². The topological polar surface area (TPSA) is 50.1 Å². The Bertz CT molecular complexity index is 861. The van der Waals surface area contributed by atoms with Crippen LogP contribution in [0.15, 0.2) is 11.6 Å². The molecule has 0 radical (unpaired) electrons. The molecule has 0 aliphatic heterocycles. The number of carbonyl (C=O) groups is 1. The number of carbonyl (C=O) groups excluding carboxylic acids is 1. The second-order valence-corrected chi connectivity index (χ2v) is 15.1. The van der Waals surface area contributed by atoms with Gasteiger partial charge in [-0.15, -0.1) is 0 Å². The fraction of sp³-hybridized carbons (Fsp3) is 0.879. The highest BCUT2D eigenvalue weighted by Gasteiger charge is 2.59. The normalized spacial score (nSPS) is 37.6. The van der Waals surface area contributed by atoms with Crippen LogP contribution < -0.4 is 0 Å². The summed E-state index contributed by atoms with van der Waals surface area (Å²) in [6.45, 7) is 12.5. The molecule has 0 saturated heterocycles. The van der Waals surface area contributed by atoms with Crippen molar-refractivity contribution in [3.63, 3.8) is 0 Å². The van der Waals surface area contributed by atoms with Crippen molar-refractivity contribution in [3.05, 3.63) is 11.6 Å². The lowest BCUT2D eigenvalue weighted by atomic mass is 9.47. The van der Waals surface area contributed by atoms with E-state index in [2.05, 4.69) is 46.8 Å². The van der Waals surface area contributed by atoms with E-state index in [0.29, 0.717) is 23.7 Å². The summed E-state index contributed by atoms with van der Waals surface area (Å²) >= 11 is 1.68. The average Bonchev–Trinajstić information content (AvgIpc) is 3.21. The van der Waals surface area contributed by atoms with Crippen molar-refractivity contribution in [3.8, 4) is 6.07 Å². The van der Waals surface area contributed by atoms with Gasteiger partial charge in [-0.2, -0.15) is 17.0 Å². The van der Waals surface area contributed by atoms with Gasteiger partial charge in [-0.1, -0.05) is 65.5 Å². The number of nitrogens with zero attached hydrogens (tertiary/aromatic N) is 1. The molecule has 0 heterocycles. The van der Waals surface area contributed by atoms with Gasteiger partial charge in [0.15, 0.2) is 0 Å². The lowest BCUT2D eigenvalue weighted by Gasteiger charge is -2.58. The van der Waals surface area contributed by atoms with Crippen molar-refractivity contribution in [2.45, 2.75) is 124 Å². The van der Waals surface area contributed by atoms with Crippen molar-refractivity contribution in [1.29, 1.82) is 5.26 Å². The fourth-order valence-electron chi connectivity index (χ4n) is 9.37. The quantitative estimate of drug-likeness (QED) is 0.153. The van der Waals surface area contributed by atoms with Gasteiger partial charge in [0, 0.05) is 24.3 Å². The molecule has 0 aromatic heterocycles. The predicted molar refractivity (Wildman–Crippen MR) is 155 cm³/mol.